The molecular formula is C14H18N4O2. The van der Waals surface area contributed by atoms with Gasteiger partial charge in [-0.15, -0.1) is 0 Å². The zero-order valence-corrected chi connectivity index (χ0v) is 11.8. The highest BCUT2D eigenvalue weighted by atomic mass is 16.3. The summed E-state index contributed by atoms with van der Waals surface area (Å²) in [6, 6.07) is 3.57. The number of aromatic nitrogens is 2. The molecule has 0 aliphatic carbocycles. The van der Waals surface area contributed by atoms with E-state index in [1.165, 1.54) is 12.4 Å². The number of hydrogen-bond donors (Lipinski definition) is 2. The van der Waals surface area contributed by atoms with Crippen LogP contribution in [0.1, 0.15) is 36.9 Å². The molecule has 0 unspecified atom stereocenters. The van der Waals surface area contributed by atoms with Gasteiger partial charge in [-0.1, -0.05) is 0 Å². The van der Waals surface area contributed by atoms with E-state index >= 15 is 0 Å². The van der Waals surface area contributed by atoms with Crippen molar-refractivity contribution in [1.82, 2.24) is 15.3 Å². The van der Waals surface area contributed by atoms with Crippen molar-refractivity contribution in [3.63, 3.8) is 0 Å². The van der Waals surface area contributed by atoms with Crippen LogP contribution in [0, 0.1) is 0 Å². The standard InChI is InChI=1S/C14H18N4O2/c1-14(2,3)18-13-16-7-10(8-17-13)12(19)15-9-11-5-4-6-20-11/h4-8H,9H2,1-3H3,(H,15,19)(H,16,17,18). The first-order valence-corrected chi connectivity index (χ1v) is 6.35. The normalized spacial score (nSPS) is 11.2. The molecule has 2 N–H and O–H groups in total. The fourth-order valence-corrected chi connectivity index (χ4v) is 1.53. The molecule has 0 saturated carbocycles. The lowest BCUT2D eigenvalue weighted by Gasteiger charge is -2.20. The van der Waals surface area contributed by atoms with Crippen LogP contribution in [0.4, 0.5) is 5.95 Å². The van der Waals surface area contributed by atoms with Crippen molar-refractivity contribution in [2.24, 2.45) is 0 Å². The van der Waals surface area contributed by atoms with Crippen LogP contribution in [0.25, 0.3) is 0 Å². The van der Waals surface area contributed by atoms with Gasteiger partial charge in [0.25, 0.3) is 5.91 Å². The SMILES string of the molecule is CC(C)(C)Nc1ncc(C(=O)NCc2ccco2)cn1. The summed E-state index contributed by atoms with van der Waals surface area (Å²) in [5, 5.41) is 5.87. The van der Waals surface area contributed by atoms with Crippen LogP contribution < -0.4 is 10.6 Å². The second-order valence-electron chi connectivity index (χ2n) is 5.43. The molecule has 0 fully saturated rings. The predicted molar refractivity (Wildman–Crippen MR) is 75.3 cm³/mol. The molecular weight excluding hydrogens is 256 g/mol. The van der Waals surface area contributed by atoms with Crippen LogP contribution in [0.15, 0.2) is 35.2 Å². The topological polar surface area (TPSA) is 80.0 Å². The molecule has 0 atom stereocenters. The monoisotopic (exact) mass is 274 g/mol. The number of amides is 1. The maximum absolute atomic E-state index is 11.9. The van der Waals surface area contributed by atoms with Crippen LogP contribution in [0.5, 0.6) is 0 Å². The van der Waals surface area contributed by atoms with Gasteiger partial charge in [0.15, 0.2) is 0 Å². The molecule has 2 aromatic heterocycles. The quantitative estimate of drug-likeness (QED) is 0.893. The Morgan fingerprint density at radius 3 is 2.55 bits per heavy atom. The summed E-state index contributed by atoms with van der Waals surface area (Å²) in [7, 11) is 0. The van der Waals surface area contributed by atoms with Gasteiger partial charge in [-0.25, -0.2) is 9.97 Å². The first-order valence-electron chi connectivity index (χ1n) is 6.35. The van der Waals surface area contributed by atoms with E-state index in [0.717, 1.165) is 0 Å². The van der Waals surface area contributed by atoms with Gasteiger partial charge in [-0.05, 0) is 32.9 Å². The van der Waals surface area contributed by atoms with E-state index < -0.39 is 0 Å². The lowest BCUT2D eigenvalue weighted by atomic mass is 10.1. The van der Waals surface area contributed by atoms with Crippen LogP contribution in [-0.2, 0) is 6.54 Å². The minimum atomic E-state index is -0.233. The van der Waals surface area contributed by atoms with E-state index in [4.69, 9.17) is 4.42 Å². The van der Waals surface area contributed by atoms with E-state index in [-0.39, 0.29) is 11.4 Å². The van der Waals surface area contributed by atoms with Crippen LogP contribution in [0.2, 0.25) is 0 Å². The lowest BCUT2D eigenvalue weighted by Crippen LogP contribution is -2.28. The van der Waals surface area contributed by atoms with Crippen LogP contribution in [0.3, 0.4) is 0 Å². The van der Waals surface area contributed by atoms with Gasteiger partial charge >= 0.3 is 0 Å². The Labute approximate surface area is 117 Å². The minimum Gasteiger partial charge on any atom is -0.467 e. The molecule has 6 heteroatoms. The summed E-state index contributed by atoms with van der Waals surface area (Å²) in [5.41, 5.74) is 0.291. The average Bonchev–Trinajstić information content (AvgIpc) is 2.88. The van der Waals surface area contributed by atoms with E-state index in [1.54, 1.807) is 18.4 Å². The minimum absolute atomic E-state index is 0.122. The molecule has 0 bridgehead atoms. The smallest absolute Gasteiger partial charge is 0.254 e. The van der Waals surface area contributed by atoms with Gasteiger partial charge in [0.2, 0.25) is 5.95 Å². The van der Waals surface area contributed by atoms with E-state index in [0.29, 0.717) is 23.8 Å². The third-order valence-electron chi connectivity index (χ3n) is 2.40. The summed E-state index contributed by atoms with van der Waals surface area (Å²) in [6.07, 6.45) is 4.56. The van der Waals surface area contributed by atoms with Crippen molar-refractivity contribution in [2.45, 2.75) is 32.9 Å². The highest BCUT2D eigenvalue weighted by Gasteiger charge is 2.12. The van der Waals surface area contributed by atoms with Crippen molar-refractivity contribution in [3.05, 3.63) is 42.1 Å². The summed E-state index contributed by atoms with van der Waals surface area (Å²) >= 11 is 0. The van der Waals surface area contributed by atoms with Crippen molar-refractivity contribution < 1.29 is 9.21 Å². The van der Waals surface area contributed by atoms with Crippen molar-refractivity contribution in [3.8, 4) is 0 Å². The molecule has 0 aliphatic rings. The number of rotatable bonds is 4. The summed E-state index contributed by atoms with van der Waals surface area (Å²) in [5.74, 6) is 0.967. The molecule has 0 aliphatic heterocycles. The Morgan fingerprint density at radius 2 is 2.00 bits per heavy atom. The predicted octanol–water partition coefficient (Wildman–Crippen LogP) is 2.21. The summed E-state index contributed by atoms with van der Waals surface area (Å²) in [4.78, 5) is 20.1. The first kappa shape index (κ1) is 14.0. The van der Waals surface area contributed by atoms with Gasteiger partial charge in [0, 0.05) is 17.9 Å². The molecule has 2 rings (SSSR count). The van der Waals surface area contributed by atoms with Gasteiger partial charge in [0.1, 0.15) is 5.76 Å². The van der Waals surface area contributed by atoms with E-state index in [1.807, 2.05) is 20.8 Å². The molecule has 106 valence electrons. The third-order valence-corrected chi connectivity index (χ3v) is 2.40. The number of carbonyl (C=O) groups is 1. The number of furan rings is 1. The van der Waals surface area contributed by atoms with E-state index in [2.05, 4.69) is 20.6 Å². The Bertz CT molecular complexity index is 556. The first-order chi connectivity index (χ1) is 9.44. The number of hydrogen-bond acceptors (Lipinski definition) is 5. The molecule has 2 heterocycles. The average molecular weight is 274 g/mol. The van der Waals surface area contributed by atoms with Gasteiger partial charge in [-0.3, -0.25) is 4.79 Å². The second kappa shape index (κ2) is 5.73. The number of nitrogens with zero attached hydrogens (tertiary/aromatic N) is 2. The number of carbonyl (C=O) groups excluding carboxylic acids is 1. The molecule has 6 nitrogen and oxygen atoms in total. The fourth-order valence-electron chi connectivity index (χ4n) is 1.53. The summed E-state index contributed by atoms with van der Waals surface area (Å²) < 4.78 is 5.14. The van der Waals surface area contributed by atoms with Crippen LogP contribution >= 0.6 is 0 Å². The fraction of sp³-hybridized carbons (Fsp3) is 0.357. The molecule has 0 spiro atoms. The Hall–Kier alpha value is -2.37. The number of nitrogens with one attached hydrogen (secondary N) is 2. The van der Waals surface area contributed by atoms with Crippen molar-refractivity contribution >= 4 is 11.9 Å². The van der Waals surface area contributed by atoms with Gasteiger partial charge in [0.05, 0.1) is 18.4 Å². The third kappa shape index (κ3) is 4.08. The zero-order valence-electron chi connectivity index (χ0n) is 11.8. The van der Waals surface area contributed by atoms with Crippen molar-refractivity contribution in [1.29, 1.82) is 0 Å². The highest BCUT2D eigenvalue weighted by molar-refractivity contribution is 5.93. The van der Waals surface area contributed by atoms with E-state index in [9.17, 15) is 4.79 Å². The lowest BCUT2D eigenvalue weighted by molar-refractivity contribution is 0.0947. The maximum atomic E-state index is 11.9. The molecule has 0 saturated heterocycles. The Morgan fingerprint density at radius 1 is 1.30 bits per heavy atom. The Kier molecular flexibility index (Phi) is 4.02. The largest absolute Gasteiger partial charge is 0.467 e. The van der Waals surface area contributed by atoms with Gasteiger partial charge in [-0.2, -0.15) is 0 Å². The highest BCUT2D eigenvalue weighted by Crippen LogP contribution is 2.09. The Balaban J connectivity index is 1.93. The van der Waals surface area contributed by atoms with Gasteiger partial charge < -0.3 is 15.1 Å². The summed E-state index contributed by atoms with van der Waals surface area (Å²) in [6.45, 7) is 6.38. The second-order valence-corrected chi connectivity index (χ2v) is 5.43. The number of anilines is 1. The maximum Gasteiger partial charge on any atom is 0.254 e. The molecule has 2 aromatic rings. The molecule has 0 radical (unpaired) electrons. The van der Waals surface area contributed by atoms with Crippen LogP contribution in [-0.4, -0.2) is 21.4 Å². The zero-order chi connectivity index (χ0) is 14.6. The molecule has 0 aromatic carbocycles. The molecule has 1 amide bonds. The molecule has 20 heavy (non-hydrogen) atoms. The van der Waals surface area contributed by atoms with Crippen molar-refractivity contribution in [2.75, 3.05) is 5.32 Å².